The minimum Gasteiger partial charge on any atom is -0.354 e. The number of anilines is 1. The van der Waals surface area contributed by atoms with E-state index in [-0.39, 0.29) is 23.6 Å². The second-order valence-electron chi connectivity index (χ2n) is 5.44. The van der Waals surface area contributed by atoms with Gasteiger partial charge in [0.25, 0.3) is 6.54 Å². The van der Waals surface area contributed by atoms with E-state index < -0.39 is 57.0 Å². The third kappa shape index (κ3) is 2.92. The molecule has 0 saturated carbocycles. The molecule has 0 bridgehead atoms. The van der Waals surface area contributed by atoms with Gasteiger partial charge < -0.3 is 19.6 Å². The summed E-state index contributed by atoms with van der Waals surface area (Å²) in [5.41, 5.74) is 0.461. The van der Waals surface area contributed by atoms with Crippen molar-refractivity contribution in [3.8, 4) is 0 Å². The lowest BCUT2D eigenvalue weighted by atomic mass is 9.92. The van der Waals surface area contributed by atoms with Gasteiger partial charge in [0.15, 0.2) is 0 Å². The van der Waals surface area contributed by atoms with Crippen LogP contribution < -0.4 is 4.90 Å². The van der Waals surface area contributed by atoms with Crippen LogP contribution in [0, 0.1) is 19.4 Å². The SMILES string of the molecule is [2H]c1c(C)[nH]c2ncnc(N(C([2H])([2H])[2H])[C@@]3([2H])CN(C(=O)C[N+]#[C-])CC[C@@]3([2H])C([2H])([2H])[2H])c12. The molecule has 7 heteroatoms. The lowest BCUT2D eigenvalue weighted by Crippen LogP contribution is -2.53. The summed E-state index contributed by atoms with van der Waals surface area (Å²) < 4.78 is 74.8. The Kier molecular flexibility index (Phi) is 2.29. The maximum atomic E-state index is 12.4. The number of hydrogen-bond donors (Lipinski definition) is 1. The van der Waals surface area contributed by atoms with Crippen molar-refractivity contribution in [3.63, 3.8) is 0 Å². The minimum absolute atomic E-state index is 0.0461. The molecule has 2 aromatic heterocycles. The number of fused-ring (bicyclic) bond motifs is 1. The van der Waals surface area contributed by atoms with E-state index in [9.17, 15) is 6.17 Å². The van der Waals surface area contributed by atoms with Gasteiger partial charge in [0.2, 0.25) is 0 Å². The number of amides is 1. The molecule has 1 amide bonds. The van der Waals surface area contributed by atoms with Crippen molar-refractivity contribution in [2.75, 3.05) is 31.5 Å². The topological polar surface area (TPSA) is 69.5 Å². The first-order valence-corrected chi connectivity index (χ1v) is 7.30. The van der Waals surface area contributed by atoms with Gasteiger partial charge in [0, 0.05) is 35.4 Å². The molecule has 1 saturated heterocycles. The first kappa shape index (κ1) is 8.47. The number of carbonyl (C=O) groups excluding carboxylic acids is 1. The summed E-state index contributed by atoms with van der Waals surface area (Å²) in [6.07, 6.45) is 0.484. The quantitative estimate of drug-likeness (QED) is 0.869. The van der Waals surface area contributed by atoms with Crippen LogP contribution in [0.5, 0.6) is 0 Å². The molecule has 0 aromatic carbocycles. The Labute approximate surface area is 154 Å². The van der Waals surface area contributed by atoms with E-state index in [0.717, 1.165) is 11.2 Å². The maximum Gasteiger partial charge on any atom is 0.302 e. The van der Waals surface area contributed by atoms with Crippen molar-refractivity contribution in [3.05, 3.63) is 29.5 Å². The molecule has 2 atom stereocenters. The fraction of sp³-hybridized carbons (Fsp3) is 0.529. The lowest BCUT2D eigenvalue weighted by molar-refractivity contribution is -0.130. The first-order valence-electron chi connectivity index (χ1n) is 11.8. The summed E-state index contributed by atoms with van der Waals surface area (Å²) in [6.45, 7) is 0.664. The van der Waals surface area contributed by atoms with Crippen LogP contribution in [0.4, 0.5) is 5.82 Å². The maximum absolute atomic E-state index is 12.4. The third-order valence-electron chi connectivity index (χ3n) is 3.82. The van der Waals surface area contributed by atoms with Crippen LogP contribution in [-0.4, -0.2) is 58.4 Å². The molecule has 1 N–H and O–H groups in total. The zero-order valence-corrected chi connectivity index (χ0v) is 13.1. The number of H-pyrrole nitrogens is 1. The predicted octanol–water partition coefficient (Wildman–Crippen LogP) is 1.86. The number of piperidine rings is 1. The van der Waals surface area contributed by atoms with Gasteiger partial charge in [-0.3, -0.25) is 4.79 Å². The Morgan fingerprint density at radius 2 is 2.58 bits per heavy atom. The van der Waals surface area contributed by atoms with E-state index in [1.165, 1.54) is 0 Å². The van der Waals surface area contributed by atoms with Crippen molar-refractivity contribution in [2.45, 2.75) is 26.2 Å². The normalized spacial score (nSPS) is 33.5. The molecule has 1 aliphatic heterocycles. The van der Waals surface area contributed by atoms with Gasteiger partial charge in [-0.2, -0.15) is 0 Å². The Bertz CT molecular complexity index is 1120. The van der Waals surface area contributed by atoms with E-state index in [0.29, 0.717) is 10.6 Å². The molecule has 7 nitrogen and oxygen atoms in total. The second kappa shape index (κ2) is 6.48. The molecular formula is C17H22N6O. The van der Waals surface area contributed by atoms with Crippen LogP contribution in [-0.2, 0) is 4.79 Å². The van der Waals surface area contributed by atoms with Gasteiger partial charge in [0.1, 0.15) is 17.8 Å². The zero-order valence-electron chi connectivity index (χ0n) is 22.1. The first-order chi connectivity index (χ1) is 15.1. The van der Waals surface area contributed by atoms with Crippen LogP contribution in [0.2, 0.25) is 0 Å². The number of nitrogens with zero attached hydrogens (tertiary/aromatic N) is 5. The summed E-state index contributed by atoms with van der Waals surface area (Å²) in [7, 11) is 0. The number of aromatic amines is 1. The van der Waals surface area contributed by atoms with Gasteiger partial charge in [0.05, 0.1) is 14.1 Å². The van der Waals surface area contributed by atoms with E-state index >= 15 is 0 Å². The van der Waals surface area contributed by atoms with Crippen LogP contribution in [0.25, 0.3) is 15.9 Å². The van der Waals surface area contributed by atoms with E-state index in [4.69, 9.17) is 17.5 Å². The van der Waals surface area contributed by atoms with Crippen molar-refractivity contribution in [2.24, 2.45) is 5.89 Å². The van der Waals surface area contributed by atoms with Crippen LogP contribution in [0.1, 0.15) is 31.3 Å². The smallest absolute Gasteiger partial charge is 0.302 e. The number of likely N-dealkylation sites (N-methyl/N-ethyl adjacent to an activating group) is 1. The second-order valence-corrected chi connectivity index (χ2v) is 5.44. The average Bonchev–Trinajstić information content (AvgIpc) is 2.97. The molecule has 0 spiro atoms. The molecule has 3 rings (SSSR count). The van der Waals surface area contributed by atoms with Gasteiger partial charge in [-0.05, 0) is 25.3 Å². The number of carbonyl (C=O) groups is 1. The molecule has 2 aromatic rings. The average molecular weight is 335 g/mol. The lowest BCUT2D eigenvalue weighted by Gasteiger charge is -2.41. The van der Waals surface area contributed by atoms with Gasteiger partial charge >= 0.3 is 5.91 Å². The molecule has 126 valence electrons. The van der Waals surface area contributed by atoms with Gasteiger partial charge in [-0.1, -0.05) is 6.85 Å². The fourth-order valence-corrected chi connectivity index (χ4v) is 2.61. The number of hydrogen-bond acceptors (Lipinski definition) is 4. The Hall–Kier alpha value is -2.62. The zero-order chi connectivity index (χ0) is 25.0. The van der Waals surface area contributed by atoms with E-state index in [2.05, 4.69) is 19.8 Å². The number of aryl methyl sites for hydroxylation is 1. The molecule has 1 aliphatic rings. The standard InChI is InChI=1S/C17H22N6O/c1-11-5-6-23(15(24)8-18-3)9-14(11)22(4)17-13-7-12(2)21-16(13)19-10-20-17/h7,10-11,14H,5-6,8-9H2,1-2,4H3,(H,19,20,21)/t11-,14+/m1/s1/i1D3,4D3,7D,11D,14D. The Balaban J connectivity index is 2.33. The molecule has 1 fully saturated rings. The monoisotopic (exact) mass is 335 g/mol. The number of nitrogens with one attached hydrogen (secondary N) is 1. The van der Waals surface area contributed by atoms with Crippen molar-refractivity contribution in [1.82, 2.24) is 19.9 Å². The van der Waals surface area contributed by atoms with Gasteiger partial charge in [-0.15, -0.1) is 0 Å². The van der Waals surface area contributed by atoms with E-state index in [1.807, 2.05) is 0 Å². The van der Waals surface area contributed by atoms with Crippen LogP contribution in [0.3, 0.4) is 0 Å². The van der Waals surface area contributed by atoms with Crippen molar-refractivity contribution < 1.29 is 17.1 Å². The highest BCUT2D eigenvalue weighted by atomic mass is 16.2. The van der Waals surface area contributed by atoms with Crippen LogP contribution in [0.15, 0.2) is 12.4 Å². The Morgan fingerprint density at radius 1 is 1.71 bits per heavy atom. The molecule has 0 unspecified atom stereocenters. The highest BCUT2D eigenvalue weighted by molar-refractivity contribution is 5.88. The van der Waals surface area contributed by atoms with Crippen LogP contribution >= 0.6 is 0 Å². The molecule has 0 radical (unpaired) electrons. The van der Waals surface area contributed by atoms with E-state index in [1.54, 1.807) is 6.92 Å². The predicted molar refractivity (Wildman–Crippen MR) is 92.6 cm³/mol. The van der Waals surface area contributed by atoms with Crippen molar-refractivity contribution >= 4 is 22.8 Å². The molecule has 0 aliphatic carbocycles. The summed E-state index contributed by atoms with van der Waals surface area (Å²) in [5.74, 6) is -3.76. The highest BCUT2D eigenvalue weighted by Crippen LogP contribution is 2.29. The fourth-order valence-electron chi connectivity index (χ4n) is 2.61. The van der Waals surface area contributed by atoms with Gasteiger partial charge in [-0.25, -0.2) is 16.5 Å². The number of aromatic nitrogens is 3. The largest absolute Gasteiger partial charge is 0.354 e. The summed E-state index contributed by atoms with van der Waals surface area (Å²) in [5, 5.41) is -0.0461. The summed E-state index contributed by atoms with van der Waals surface area (Å²) >= 11 is 0. The molecular weight excluding hydrogens is 304 g/mol. The summed E-state index contributed by atoms with van der Waals surface area (Å²) in [4.78, 5) is 27.7. The summed E-state index contributed by atoms with van der Waals surface area (Å²) in [6, 6.07) is -2.88. The number of likely N-dealkylation sites (tertiary alicyclic amines) is 1. The third-order valence-corrected chi connectivity index (χ3v) is 3.82. The highest BCUT2D eigenvalue weighted by Gasteiger charge is 2.33. The minimum atomic E-state index is -3.18. The molecule has 3 heterocycles. The Morgan fingerprint density at radius 3 is 3.33 bits per heavy atom. The van der Waals surface area contributed by atoms with Crippen molar-refractivity contribution in [1.29, 1.82) is 0 Å². The number of rotatable bonds is 3. The molecule has 24 heavy (non-hydrogen) atoms.